The number of hydrogen-bond acceptors (Lipinski definition) is 4. The third-order valence-corrected chi connectivity index (χ3v) is 4.74. The van der Waals surface area contributed by atoms with Crippen molar-refractivity contribution in [3.63, 3.8) is 0 Å². The maximum atomic E-state index is 12.1. The number of sulfonamides is 1. The Bertz CT molecular complexity index is 577. The molecular weight excluding hydrogens is 292 g/mol. The van der Waals surface area contributed by atoms with E-state index in [4.69, 9.17) is 4.74 Å². The topological polar surface area (TPSA) is 84.5 Å². The first-order chi connectivity index (χ1) is 9.97. The molecule has 0 radical (unpaired) electrons. The standard InChI is InChI=1S/C14H20N2O4S/c1-11(17)16-12-4-6-14(7-5-12)21(18,19)15-9-8-13-3-2-10-20-13/h4-7,13,15H,2-3,8-10H2,1H3,(H,16,17). The summed E-state index contributed by atoms with van der Waals surface area (Å²) in [5.74, 6) is -0.194. The summed E-state index contributed by atoms with van der Waals surface area (Å²) >= 11 is 0. The Morgan fingerprint density at radius 3 is 2.62 bits per heavy atom. The first kappa shape index (κ1) is 15.9. The zero-order valence-electron chi connectivity index (χ0n) is 12.0. The Kier molecular flexibility index (Phi) is 5.33. The SMILES string of the molecule is CC(=O)Nc1ccc(S(=O)(=O)NCCC2CCCO2)cc1. The molecule has 2 rings (SSSR count). The van der Waals surface area contributed by atoms with Crippen LogP contribution in [0.2, 0.25) is 0 Å². The summed E-state index contributed by atoms with van der Waals surface area (Å²) in [5.41, 5.74) is 0.570. The van der Waals surface area contributed by atoms with Gasteiger partial charge in [-0.1, -0.05) is 0 Å². The number of anilines is 1. The molecular formula is C14H20N2O4S. The Balaban J connectivity index is 1.90. The van der Waals surface area contributed by atoms with Gasteiger partial charge in [-0.15, -0.1) is 0 Å². The van der Waals surface area contributed by atoms with Crippen molar-refractivity contribution in [2.75, 3.05) is 18.5 Å². The van der Waals surface area contributed by atoms with Crippen LogP contribution in [0, 0.1) is 0 Å². The van der Waals surface area contributed by atoms with Gasteiger partial charge in [0.05, 0.1) is 11.0 Å². The van der Waals surface area contributed by atoms with E-state index in [1.54, 1.807) is 12.1 Å². The van der Waals surface area contributed by atoms with E-state index in [9.17, 15) is 13.2 Å². The van der Waals surface area contributed by atoms with Crippen LogP contribution < -0.4 is 10.0 Å². The minimum Gasteiger partial charge on any atom is -0.378 e. The largest absolute Gasteiger partial charge is 0.378 e. The van der Waals surface area contributed by atoms with E-state index in [-0.39, 0.29) is 16.9 Å². The lowest BCUT2D eigenvalue weighted by Gasteiger charge is -2.11. The zero-order valence-corrected chi connectivity index (χ0v) is 12.8. The predicted octanol–water partition coefficient (Wildman–Crippen LogP) is 1.49. The molecule has 0 aromatic heterocycles. The summed E-state index contributed by atoms with van der Waals surface area (Å²) in [6.45, 7) is 2.53. The molecule has 1 aliphatic heterocycles. The maximum Gasteiger partial charge on any atom is 0.240 e. The molecule has 21 heavy (non-hydrogen) atoms. The highest BCUT2D eigenvalue weighted by atomic mass is 32.2. The highest BCUT2D eigenvalue weighted by molar-refractivity contribution is 7.89. The fourth-order valence-electron chi connectivity index (χ4n) is 2.23. The number of nitrogens with one attached hydrogen (secondary N) is 2. The second kappa shape index (κ2) is 7.02. The summed E-state index contributed by atoms with van der Waals surface area (Å²) in [7, 11) is -3.52. The maximum absolute atomic E-state index is 12.1. The quantitative estimate of drug-likeness (QED) is 0.833. The molecule has 1 amide bonds. The van der Waals surface area contributed by atoms with Crippen LogP contribution in [0.25, 0.3) is 0 Å². The average Bonchev–Trinajstić information content (AvgIpc) is 2.91. The van der Waals surface area contributed by atoms with Gasteiger partial charge in [0.2, 0.25) is 15.9 Å². The van der Waals surface area contributed by atoms with Crippen molar-refractivity contribution in [1.82, 2.24) is 4.72 Å². The molecule has 0 aliphatic carbocycles. The molecule has 0 spiro atoms. The van der Waals surface area contributed by atoms with Crippen LogP contribution in [0.1, 0.15) is 26.2 Å². The number of benzene rings is 1. The molecule has 1 aromatic rings. The lowest BCUT2D eigenvalue weighted by Crippen LogP contribution is -2.27. The van der Waals surface area contributed by atoms with E-state index >= 15 is 0 Å². The summed E-state index contributed by atoms with van der Waals surface area (Å²) in [5, 5.41) is 2.59. The molecule has 1 aromatic carbocycles. The van der Waals surface area contributed by atoms with E-state index in [1.165, 1.54) is 19.1 Å². The Hall–Kier alpha value is -1.44. The second-order valence-electron chi connectivity index (χ2n) is 5.03. The smallest absolute Gasteiger partial charge is 0.240 e. The zero-order chi connectivity index (χ0) is 15.3. The van der Waals surface area contributed by atoms with Crippen molar-refractivity contribution in [3.05, 3.63) is 24.3 Å². The van der Waals surface area contributed by atoms with Crippen LogP contribution in [0.5, 0.6) is 0 Å². The first-order valence-corrected chi connectivity index (χ1v) is 8.44. The molecule has 0 bridgehead atoms. The van der Waals surface area contributed by atoms with Gasteiger partial charge in [0.15, 0.2) is 0 Å². The lowest BCUT2D eigenvalue weighted by molar-refractivity contribution is -0.114. The van der Waals surface area contributed by atoms with Crippen LogP contribution in [0.15, 0.2) is 29.2 Å². The third-order valence-electron chi connectivity index (χ3n) is 3.27. The molecule has 1 aliphatic rings. The second-order valence-corrected chi connectivity index (χ2v) is 6.79. The summed E-state index contributed by atoms with van der Waals surface area (Å²) in [6, 6.07) is 6.07. The molecule has 1 fully saturated rings. The fraction of sp³-hybridized carbons (Fsp3) is 0.500. The van der Waals surface area contributed by atoms with Gasteiger partial charge in [0, 0.05) is 25.8 Å². The van der Waals surface area contributed by atoms with Crippen molar-refractivity contribution in [2.45, 2.75) is 37.2 Å². The van der Waals surface area contributed by atoms with Crippen molar-refractivity contribution in [2.24, 2.45) is 0 Å². The van der Waals surface area contributed by atoms with E-state index in [2.05, 4.69) is 10.0 Å². The lowest BCUT2D eigenvalue weighted by atomic mass is 10.2. The minimum absolute atomic E-state index is 0.162. The Labute approximate surface area is 124 Å². The Morgan fingerprint density at radius 2 is 2.05 bits per heavy atom. The molecule has 2 N–H and O–H groups in total. The van der Waals surface area contributed by atoms with Gasteiger partial charge in [-0.3, -0.25) is 4.79 Å². The van der Waals surface area contributed by atoms with Crippen LogP contribution in [-0.2, 0) is 19.6 Å². The summed E-state index contributed by atoms with van der Waals surface area (Å²) in [6.07, 6.45) is 2.88. The number of hydrogen-bond donors (Lipinski definition) is 2. The van der Waals surface area contributed by atoms with Crippen LogP contribution >= 0.6 is 0 Å². The minimum atomic E-state index is -3.52. The average molecular weight is 312 g/mol. The van der Waals surface area contributed by atoms with Crippen molar-refractivity contribution in [3.8, 4) is 0 Å². The fourth-order valence-corrected chi connectivity index (χ4v) is 3.28. The Morgan fingerprint density at radius 1 is 1.33 bits per heavy atom. The van der Waals surface area contributed by atoms with E-state index < -0.39 is 10.0 Å². The van der Waals surface area contributed by atoms with Gasteiger partial charge in [-0.2, -0.15) is 0 Å². The van der Waals surface area contributed by atoms with Crippen molar-refractivity contribution < 1.29 is 17.9 Å². The number of carbonyl (C=O) groups is 1. The van der Waals surface area contributed by atoms with Gasteiger partial charge in [0.25, 0.3) is 0 Å². The normalized spacial score (nSPS) is 18.6. The van der Waals surface area contributed by atoms with Crippen molar-refractivity contribution >= 4 is 21.6 Å². The van der Waals surface area contributed by atoms with Gasteiger partial charge in [0.1, 0.15) is 0 Å². The highest BCUT2D eigenvalue weighted by Gasteiger charge is 2.18. The van der Waals surface area contributed by atoms with Gasteiger partial charge < -0.3 is 10.1 Å². The highest BCUT2D eigenvalue weighted by Crippen LogP contribution is 2.16. The molecule has 116 valence electrons. The monoisotopic (exact) mass is 312 g/mol. The number of rotatable bonds is 6. The van der Waals surface area contributed by atoms with E-state index in [0.29, 0.717) is 18.7 Å². The molecule has 1 saturated heterocycles. The molecule has 1 unspecified atom stereocenters. The number of ether oxygens (including phenoxy) is 1. The number of carbonyl (C=O) groups excluding carboxylic acids is 1. The molecule has 6 nitrogen and oxygen atoms in total. The molecule has 1 atom stereocenters. The summed E-state index contributed by atoms with van der Waals surface area (Å²) < 4.78 is 32.2. The van der Waals surface area contributed by atoms with Crippen molar-refractivity contribution in [1.29, 1.82) is 0 Å². The van der Waals surface area contributed by atoms with E-state index in [1.807, 2.05) is 0 Å². The summed E-state index contributed by atoms with van der Waals surface area (Å²) in [4.78, 5) is 11.1. The molecule has 1 heterocycles. The van der Waals surface area contributed by atoms with Crippen LogP contribution in [-0.4, -0.2) is 33.6 Å². The number of amides is 1. The predicted molar refractivity (Wildman–Crippen MR) is 79.5 cm³/mol. The van der Waals surface area contributed by atoms with Crippen LogP contribution in [0.3, 0.4) is 0 Å². The molecule has 7 heteroatoms. The van der Waals surface area contributed by atoms with Gasteiger partial charge in [-0.05, 0) is 43.5 Å². The van der Waals surface area contributed by atoms with E-state index in [0.717, 1.165) is 19.4 Å². The van der Waals surface area contributed by atoms with Gasteiger partial charge in [-0.25, -0.2) is 13.1 Å². The van der Waals surface area contributed by atoms with Gasteiger partial charge >= 0.3 is 0 Å². The molecule has 0 saturated carbocycles. The van der Waals surface area contributed by atoms with Crippen LogP contribution in [0.4, 0.5) is 5.69 Å². The third kappa shape index (κ3) is 4.80. The first-order valence-electron chi connectivity index (χ1n) is 6.96.